The van der Waals surface area contributed by atoms with Crippen molar-refractivity contribution in [2.24, 2.45) is 5.92 Å². The maximum atomic E-state index is 11.6. The van der Waals surface area contributed by atoms with Crippen molar-refractivity contribution in [2.45, 2.75) is 39.2 Å². The van der Waals surface area contributed by atoms with Crippen molar-refractivity contribution >= 4 is 11.9 Å². The van der Waals surface area contributed by atoms with Crippen LogP contribution in [0, 0.1) is 5.92 Å². The zero-order valence-electron chi connectivity index (χ0n) is 14.5. The Morgan fingerprint density at radius 1 is 1.25 bits per heavy atom. The molecule has 132 valence electrons. The molecule has 0 aliphatic carbocycles. The predicted octanol–water partition coefficient (Wildman–Crippen LogP) is 2.99. The van der Waals surface area contributed by atoms with E-state index in [2.05, 4.69) is 17.1 Å². The lowest BCUT2D eigenvalue weighted by Gasteiger charge is -2.28. The molecule has 0 radical (unpaired) electrons. The van der Waals surface area contributed by atoms with E-state index in [1.165, 1.54) is 0 Å². The fraction of sp³-hybridized carbons (Fsp3) is 0.579. The number of ketones is 1. The van der Waals surface area contributed by atoms with Crippen LogP contribution >= 0.6 is 0 Å². The second kappa shape index (κ2) is 10.1. The van der Waals surface area contributed by atoms with E-state index in [0.717, 1.165) is 38.0 Å². The first-order valence-corrected chi connectivity index (χ1v) is 8.82. The van der Waals surface area contributed by atoms with Gasteiger partial charge in [-0.05, 0) is 24.3 Å². The van der Waals surface area contributed by atoms with Gasteiger partial charge in [0.15, 0.2) is 0 Å². The number of nitrogens with zero attached hydrogens (tertiary/aromatic N) is 1. The molecule has 1 fully saturated rings. The van der Waals surface area contributed by atoms with Crippen LogP contribution in [0.3, 0.4) is 0 Å². The van der Waals surface area contributed by atoms with Crippen LogP contribution < -0.4 is 5.32 Å². The Morgan fingerprint density at radius 3 is 2.67 bits per heavy atom. The molecular formula is C19H28N2O3. The molecule has 1 atom stereocenters. The van der Waals surface area contributed by atoms with Gasteiger partial charge in [0.25, 0.3) is 0 Å². The summed E-state index contributed by atoms with van der Waals surface area (Å²) in [6.07, 6.45) is 3.03. The minimum absolute atomic E-state index is 0.302. The van der Waals surface area contributed by atoms with Crippen molar-refractivity contribution < 1.29 is 14.3 Å². The van der Waals surface area contributed by atoms with Gasteiger partial charge >= 0.3 is 6.09 Å². The van der Waals surface area contributed by atoms with Crippen molar-refractivity contribution in [2.75, 3.05) is 26.2 Å². The average Bonchev–Trinajstić information content (AvgIpc) is 2.60. The molecule has 24 heavy (non-hydrogen) atoms. The number of carbonyl (C=O) groups excluding carboxylic acids is 2. The number of hydrogen-bond donors (Lipinski definition) is 1. The summed E-state index contributed by atoms with van der Waals surface area (Å²) in [5.41, 5.74) is 0.987. The second-order valence-electron chi connectivity index (χ2n) is 6.58. The lowest BCUT2D eigenvalue weighted by atomic mass is 10.0. The Morgan fingerprint density at radius 2 is 1.96 bits per heavy atom. The maximum Gasteiger partial charge on any atom is 0.407 e. The van der Waals surface area contributed by atoms with Crippen molar-refractivity contribution in [1.29, 1.82) is 0 Å². The van der Waals surface area contributed by atoms with E-state index in [-0.39, 0.29) is 6.09 Å². The highest BCUT2D eigenvalue weighted by Gasteiger charge is 2.17. The first-order valence-electron chi connectivity index (χ1n) is 8.82. The summed E-state index contributed by atoms with van der Waals surface area (Å²) < 4.78 is 5.18. The molecule has 1 aliphatic heterocycles. The van der Waals surface area contributed by atoms with Crippen LogP contribution in [0.25, 0.3) is 0 Å². The number of piperidine rings is 1. The minimum Gasteiger partial charge on any atom is -0.445 e. The van der Waals surface area contributed by atoms with Gasteiger partial charge in [-0.15, -0.1) is 0 Å². The fourth-order valence-corrected chi connectivity index (χ4v) is 2.93. The Kier molecular flexibility index (Phi) is 7.75. The molecule has 0 saturated carbocycles. The smallest absolute Gasteiger partial charge is 0.407 e. The molecule has 1 amide bonds. The van der Waals surface area contributed by atoms with Gasteiger partial charge in [0, 0.05) is 39.0 Å². The molecule has 0 spiro atoms. The molecular weight excluding hydrogens is 304 g/mol. The maximum absolute atomic E-state index is 11.6. The summed E-state index contributed by atoms with van der Waals surface area (Å²) in [7, 11) is 0. The molecule has 1 N–H and O–H groups in total. The number of rotatable bonds is 8. The quantitative estimate of drug-likeness (QED) is 0.744. The van der Waals surface area contributed by atoms with E-state index in [9.17, 15) is 9.59 Å². The number of hydrogen-bond acceptors (Lipinski definition) is 4. The largest absolute Gasteiger partial charge is 0.445 e. The first kappa shape index (κ1) is 18.5. The highest BCUT2D eigenvalue weighted by Crippen LogP contribution is 2.12. The van der Waals surface area contributed by atoms with Crippen LogP contribution in [-0.4, -0.2) is 43.0 Å². The van der Waals surface area contributed by atoms with Gasteiger partial charge in [-0.3, -0.25) is 4.79 Å². The summed E-state index contributed by atoms with van der Waals surface area (Å²) >= 11 is 0. The SMILES string of the molecule is CC(CCCNC(=O)OCc1ccccc1)CN1CCC(=O)CC1. The Bertz CT molecular complexity index is 509. The van der Waals surface area contributed by atoms with E-state index < -0.39 is 0 Å². The number of alkyl carbamates (subject to hydrolysis) is 1. The number of Topliss-reactive ketones (excluding diaryl/α,β-unsaturated/α-hetero) is 1. The monoisotopic (exact) mass is 332 g/mol. The molecule has 0 bridgehead atoms. The van der Waals surface area contributed by atoms with Crippen LogP contribution in [0.15, 0.2) is 30.3 Å². The molecule has 1 aromatic carbocycles. The Labute approximate surface area is 144 Å². The first-order chi connectivity index (χ1) is 11.6. The normalized spacial score (nSPS) is 16.6. The third kappa shape index (κ3) is 7.13. The van der Waals surface area contributed by atoms with Gasteiger partial charge in [0.05, 0.1) is 0 Å². The minimum atomic E-state index is -0.360. The summed E-state index contributed by atoms with van der Waals surface area (Å²) in [6, 6.07) is 9.66. The zero-order valence-corrected chi connectivity index (χ0v) is 14.5. The molecule has 1 saturated heterocycles. The molecule has 5 heteroatoms. The average molecular weight is 332 g/mol. The third-order valence-corrected chi connectivity index (χ3v) is 4.34. The van der Waals surface area contributed by atoms with E-state index >= 15 is 0 Å². The van der Waals surface area contributed by atoms with E-state index in [0.29, 0.717) is 37.7 Å². The zero-order chi connectivity index (χ0) is 17.2. The van der Waals surface area contributed by atoms with Gasteiger partial charge < -0.3 is 15.0 Å². The molecule has 1 aromatic rings. The van der Waals surface area contributed by atoms with E-state index in [4.69, 9.17) is 4.74 Å². The third-order valence-electron chi connectivity index (χ3n) is 4.34. The molecule has 5 nitrogen and oxygen atoms in total. The highest BCUT2D eigenvalue weighted by molar-refractivity contribution is 5.79. The summed E-state index contributed by atoms with van der Waals surface area (Å²) in [4.78, 5) is 25.2. The van der Waals surface area contributed by atoms with Crippen LogP contribution in [0.4, 0.5) is 4.79 Å². The van der Waals surface area contributed by atoms with Gasteiger partial charge in [0.2, 0.25) is 0 Å². The summed E-state index contributed by atoms with van der Waals surface area (Å²) in [5.74, 6) is 0.956. The summed E-state index contributed by atoms with van der Waals surface area (Å²) in [5, 5.41) is 2.80. The number of likely N-dealkylation sites (tertiary alicyclic amines) is 1. The van der Waals surface area contributed by atoms with Crippen LogP contribution in [0.5, 0.6) is 0 Å². The number of nitrogens with one attached hydrogen (secondary N) is 1. The molecule has 1 heterocycles. The lowest BCUT2D eigenvalue weighted by molar-refractivity contribution is -0.121. The highest BCUT2D eigenvalue weighted by atomic mass is 16.5. The van der Waals surface area contributed by atoms with Gasteiger partial charge in [0.1, 0.15) is 12.4 Å². The van der Waals surface area contributed by atoms with Crippen molar-refractivity contribution in [3.63, 3.8) is 0 Å². The van der Waals surface area contributed by atoms with Crippen molar-refractivity contribution in [3.05, 3.63) is 35.9 Å². The molecule has 1 aliphatic rings. The van der Waals surface area contributed by atoms with Crippen molar-refractivity contribution in [1.82, 2.24) is 10.2 Å². The molecule has 1 unspecified atom stereocenters. The summed E-state index contributed by atoms with van der Waals surface area (Å²) in [6.45, 7) is 5.99. The molecule has 0 aromatic heterocycles. The topological polar surface area (TPSA) is 58.6 Å². The Balaban J connectivity index is 1.50. The number of benzene rings is 1. The number of amides is 1. The van der Waals surface area contributed by atoms with Crippen LogP contribution in [0.2, 0.25) is 0 Å². The van der Waals surface area contributed by atoms with Gasteiger partial charge in [-0.2, -0.15) is 0 Å². The van der Waals surface area contributed by atoms with E-state index in [1.54, 1.807) is 0 Å². The van der Waals surface area contributed by atoms with Gasteiger partial charge in [-0.25, -0.2) is 4.79 Å². The lowest BCUT2D eigenvalue weighted by Crippen LogP contribution is -2.36. The Hall–Kier alpha value is -1.88. The number of ether oxygens (including phenoxy) is 1. The predicted molar refractivity (Wildman–Crippen MR) is 93.7 cm³/mol. The van der Waals surface area contributed by atoms with Gasteiger partial charge in [-0.1, -0.05) is 37.3 Å². The van der Waals surface area contributed by atoms with Crippen LogP contribution in [0.1, 0.15) is 38.2 Å². The van der Waals surface area contributed by atoms with Crippen molar-refractivity contribution in [3.8, 4) is 0 Å². The van der Waals surface area contributed by atoms with Crippen LogP contribution in [-0.2, 0) is 16.1 Å². The molecule has 2 rings (SSSR count). The van der Waals surface area contributed by atoms with E-state index in [1.807, 2.05) is 30.3 Å². The second-order valence-corrected chi connectivity index (χ2v) is 6.58. The fourth-order valence-electron chi connectivity index (χ4n) is 2.93. The number of carbonyl (C=O) groups is 2. The standard InChI is InChI=1S/C19H28N2O3/c1-16(14-21-12-9-18(22)10-13-21)6-5-11-20-19(23)24-15-17-7-3-2-4-8-17/h2-4,7-8,16H,5-6,9-15H2,1H3,(H,20,23).